The smallest absolute Gasteiger partial charge is 0.407 e. The standard InChI is InChI=1S/C19H28N2O4/c1-6-12-19(5,14-20-16(22)25-18(2,3)4)21-17(23)24-13-15-10-8-7-9-11-15/h6-11H,1,12-14H2,2-5H3,(H,20,22)(H,21,23). The van der Waals surface area contributed by atoms with Gasteiger partial charge >= 0.3 is 12.2 Å². The van der Waals surface area contributed by atoms with Crippen LogP contribution in [0.1, 0.15) is 39.7 Å². The zero-order valence-corrected chi connectivity index (χ0v) is 15.4. The highest BCUT2D eigenvalue weighted by atomic mass is 16.6. The summed E-state index contributed by atoms with van der Waals surface area (Å²) in [6, 6.07) is 9.40. The van der Waals surface area contributed by atoms with Crippen LogP contribution in [0.3, 0.4) is 0 Å². The molecule has 0 bridgehead atoms. The molecule has 25 heavy (non-hydrogen) atoms. The van der Waals surface area contributed by atoms with Crippen LogP contribution >= 0.6 is 0 Å². The molecule has 0 aliphatic rings. The van der Waals surface area contributed by atoms with E-state index < -0.39 is 23.3 Å². The first-order valence-electron chi connectivity index (χ1n) is 8.20. The minimum atomic E-state index is -0.730. The molecular weight excluding hydrogens is 320 g/mol. The third-order valence-corrected chi connectivity index (χ3v) is 3.23. The molecule has 0 heterocycles. The monoisotopic (exact) mass is 348 g/mol. The Morgan fingerprint density at radius 2 is 1.76 bits per heavy atom. The molecule has 2 amide bonds. The Morgan fingerprint density at radius 3 is 2.32 bits per heavy atom. The van der Waals surface area contributed by atoms with Crippen LogP contribution in [0.25, 0.3) is 0 Å². The van der Waals surface area contributed by atoms with E-state index in [1.54, 1.807) is 33.8 Å². The Bertz CT molecular complexity index is 581. The number of nitrogens with one attached hydrogen (secondary N) is 2. The quantitative estimate of drug-likeness (QED) is 0.735. The normalized spacial score (nSPS) is 13.3. The maximum Gasteiger partial charge on any atom is 0.407 e. The first-order chi connectivity index (χ1) is 11.6. The highest BCUT2D eigenvalue weighted by molar-refractivity contribution is 5.70. The summed E-state index contributed by atoms with van der Waals surface area (Å²) in [4.78, 5) is 23.9. The van der Waals surface area contributed by atoms with Gasteiger partial charge in [0.05, 0.1) is 5.54 Å². The molecule has 0 saturated heterocycles. The number of hydrogen-bond acceptors (Lipinski definition) is 4. The van der Waals surface area contributed by atoms with Gasteiger partial charge in [0.15, 0.2) is 0 Å². The van der Waals surface area contributed by atoms with Crippen molar-refractivity contribution < 1.29 is 19.1 Å². The van der Waals surface area contributed by atoms with Crippen molar-refractivity contribution in [3.8, 4) is 0 Å². The van der Waals surface area contributed by atoms with Crippen LogP contribution in [-0.2, 0) is 16.1 Å². The molecule has 1 aromatic carbocycles. The van der Waals surface area contributed by atoms with Crippen molar-refractivity contribution in [3.63, 3.8) is 0 Å². The van der Waals surface area contributed by atoms with Gasteiger partial charge in [-0.1, -0.05) is 36.4 Å². The third-order valence-electron chi connectivity index (χ3n) is 3.23. The lowest BCUT2D eigenvalue weighted by Crippen LogP contribution is -2.53. The van der Waals surface area contributed by atoms with Crippen LogP contribution in [0.4, 0.5) is 9.59 Å². The number of hydrogen-bond donors (Lipinski definition) is 2. The van der Waals surface area contributed by atoms with Crippen LogP contribution in [0.2, 0.25) is 0 Å². The number of ether oxygens (including phenoxy) is 2. The lowest BCUT2D eigenvalue weighted by Gasteiger charge is -2.30. The Balaban J connectivity index is 2.54. The fourth-order valence-electron chi connectivity index (χ4n) is 2.07. The molecule has 0 radical (unpaired) electrons. The van der Waals surface area contributed by atoms with E-state index in [0.717, 1.165) is 5.56 Å². The topological polar surface area (TPSA) is 76.7 Å². The van der Waals surface area contributed by atoms with E-state index in [1.165, 1.54) is 0 Å². The van der Waals surface area contributed by atoms with Crippen molar-refractivity contribution in [2.75, 3.05) is 6.54 Å². The Kier molecular flexibility index (Phi) is 7.48. The van der Waals surface area contributed by atoms with Gasteiger partial charge in [-0.2, -0.15) is 0 Å². The lowest BCUT2D eigenvalue weighted by molar-refractivity contribution is 0.0508. The summed E-state index contributed by atoms with van der Waals surface area (Å²) in [6.45, 7) is 11.2. The number of carbonyl (C=O) groups excluding carboxylic acids is 2. The van der Waals surface area contributed by atoms with Gasteiger partial charge in [-0.15, -0.1) is 6.58 Å². The minimum Gasteiger partial charge on any atom is -0.445 e. The van der Waals surface area contributed by atoms with Crippen molar-refractivity contribution in [3.05, 3.63) is 48.6 Å². The molecule has 0 saturated carbocycles. The summed E-state index contributed by atoms with van der Waals surface area (Å²) in [5, 5.41) is 5.44. The summed E-state index contributed by atoms with van der Waals surface area (Å²) >= 11 is 0. The highest BCUT2D eigenvalue weighted by Gasteiger charge is 2.27. The van der Waals surface area contributed by atoms with Crippen molar-refractivity contribution in [2.24, 2.45) is 0 Å². The van der Waals surface area contributed by atoms with Crippen LogP contribution in [0.5, 0.6) is 0 Å². The third kappa shape index (κ3) is 8.79. The molecule has 0 aliphatic carbocycles. The number of carbonyl (C=O) groups is 2. The van der Waals surface area contributed by atoms with Gasteiger partial charge in [-0.05, 0) is 39.7 Å². The predicted molar refractivity (Wildman–Crippen MR) is 97.2 cm³/mol. The van der Waals surface area contributed by atoms with Gasteiger partial charge in [0, 0.05) is 6.54 Å². The molecule has 1 atom stereocenters. The fourth-order valence-corrected chi connectivity index (χ4v) is 2.07. The number of rotatable bonds is 7. The van der Waals surface area contributed by atoms with Gasteiger partial charge in [0.1, 0.15) is 12.2 Å². The number of benzene rings is 1. The van der Waals surface area contributed by atoms with Crippen LogP contribution < -0.4 is 10.6 Å². The lowest BCUT2D eigenvalue weighted by atomic mass is 9.98. The molecule has 0 aromatic heterocycles. The molecule has 0 fully saturated rings. The van der Waals surface area contributed by atoms with E-state index >= 15 is 0 Å². The van der Waals surface area contributed by atoms with E-state index in [-0.39, 0.29) is 13.2 Å². The predicted octanol–water partition coefficient (Wildman–Crippen LogP) is 3.77. The van der Waals surface area contributed by atoms with Crippen LogP contribution in [0, 0.1) is 0 Å². The molecule has 138 valence electrons. The molecular formula is C19H28N2O4. The second-order valence-electron chi connectivity index (χ2n) is 7.10. The van der Waals surface area contributed by atoms with Gasteiger partial charge in [0.2, 0.25) is 0 Å². The van der Waals surface area contributed by atoms with Gasteiger partial charge in [0.25, 0.3) is 0 Å². The van der Waals surface area contributed by atoms with Crippen molar-refractivity contribution >= 4 is 12.2 Å². The molecule has 1 aromatic rings. The second-order valence-corrected chi connectivity index (χ2v) is 7.10. The van der Waals surface area contributed by atoms with E-state index in [0.29, 0.717) is 6.42 Å². The van der Waals surface area contributed by atoms with Crippen molar-refractivity contribution in [1.29, 1.82) is 0 Å². The maximum atomic E-state index is 12.1. The van der Waals surface area contributed by atoms with E-state index in [4.69, 9.17) is 9.47 Å². The Hall–Kier alpha value is -2.50. The maximum absolute atomic E-state index is 12.1. The second kappa shape index (κ2) is 9.11. The highest BCUT2D eigenvalue weighted by Crippen LogP contribution is 2.12. The molecule has 2 N–H and O–H groups in total. The molecule has 6 heteroatoms. The Labute approximate surface area is 149 Å². The van der Waals surface area contributed by atoms with Crippen molar-refractivity contribution in [1.82, 2.24) is 10.6 Å². The van der Waals surface area contributed by atoms with Crippen LogP contribution in [0.15, 0.2) is 43.0 Å². The largest absolute Gasteiger partial charge is 0.445 e. The molecule has 6 nitrogen and oxygen atoms in total. The molecule has 0 aliphatic heterocycles. The summed E-state index contributed by atoms with van der Waals surface area (Å²) in [5.74, 6) is 0. The summed E-state index contributed by atoms with van der Waals surface area (Å²) < 4.78 is 10.4. The van der Waals surface area contributed by atoms with E-state index in [9.17, 15) is 9.59 Å². The average molecular weight is 348 g/mol. The first kappa shape index (κ1) is 20.5. The van der Waals surface area contributed by atoms with E-state index in [2.05, 4.69) is 17.2 Å². The average Bonchev–Trinajstić information content (AvgIpc) is 2.51. The minimum absolute atomic E-state index is 0.177. The van der Waals surface area contributed by atoms with Gasteiger partial charge < -0.3 is 20.1 Å². The summed E-state index contributed by atoms with van der Waals surface area (Å²) in [5.41, 5.74) is -0.414. The fraction of sp³-hybridized carbons (Fsp3) is 0.474. The van der Waals surface area contributed by atoms with Gasteiger partial charge in [-0.3, -0.25) is 0 Å². The first-order valence-corrected chi connectivity index (χ1v) is 8.20. The zero-order chi connectivity index (χ0) is 18.9. The molecule has 0 spiro atoms. The molecule has 1 unspecified atom stereocenters. The van der Waals surface area contributed by atoms with Gasteiger partial charge in [-0.25, -0.2) is 9.59 Å². The van der Waals surface area contributed by atoms with E-state index in [1.807, 2.05) is 30.3 Å². The molecule has 1 rings (SSSR count). The van der Waals surface area contributed by atoms with Crippen molar-refractivity contribution in [2.45, 2.75) is 51.9 Å². The SMILES string of the molecule is C=CCC(C)(CNC(=O)OC(C)(C)C)NC(=O)OCc1ccccc1. The summed E-state index contributed by atoms with van der Waals surface area (Å²) in [7, 11) is 0. The van der Waals surface area contributed by atoms with Crippen LogP contribution in [-0.4, -0.2) is 29.9 Å². The summed E-state index contributed by atoms with van der Waals surface area (Å²) in [6.07, 6.45) is 1.04. The Morgan fingerprint density at radius 1 is 1.12 bits per heavy atom. The number of amides is 2. The number of alkyl carbamates (subject to hydrolysis) is 2. The zero-order valence-electron chi connectivity index (χ0n) is 15.4.